The molecule has 2 aromatic heterocycles. The minimum atomic E-state index is -0.345. The maximum Gasteiger partial charge on any atom is 0.268 e. The minimum absolute atomic E-state index is 0.345. The Morgan fingerprint density at radius 2 is 1.83 bits per heavy atom. The number of benzene rings is 2. The molecule has 0 spiro atoms. The highest BCUT2D eigenvalue weighted by atomic mass is 35.5. The van der Waals surface area contributed by atoms with Crippen molar-refractivity contribution in [3.8, 4) is 22.8 Å². The second-order valence-corrected chi connectivity index (χ2v) is 7.86. The van der Waals surface area contributed by atoms with Crippen molar-refractivity contribution in [1.29, 1.82) is 0 Å². The Bertz CT molecular complexity index is 1240. The Labute approximate surface area is 182 Å². The number of hydrogen-bond donors (Lipinski definition) is 2. The molecule has 0 fully saturated rings. The van der Waals surface area contributed by atoms with Crippen molar-refractivity contribution in [2.45, 2.75) is 0 Å². The molecule has 0 aliphatic rings. The van der Waals surface area contributed by atoms with E-state index in [4.69, 9.17) is 31.8 Å². The third-order valence-electron chi connectivity index (χ3n) is 4.60. The summed E-state index contributed by atoms with van der Waals surface area (Å²) in [5.41, 5.74) is 8.85. The number of nitrogens with zero attached hydrogens (tertiary/aromatic N) is 1. The zero-order valence-corrected chi connectivity index (χ0v) is 17.8. The molecule has 3 N–H and O–H groups in total. The van der Waals surface area contributed by atoms with E-state index in [-0.39, 0.29) is 5.91 Å². The lowest BCUT2D eigenvalue weighted by Crippen LogP contribution is -2.12. The summed E-state index contributed by atoms with van der Waals surface area (Å²) in [6.45, 7) is 0. The number of pyridine rings is 1. The molecule has 8 heteroatoms. The third kappa shape index (κ3) is 3.77. The van der Waals surface area contributed by atoms with Gasteiger partial charge in [-0.2, -0.15) is 0 Å². The monoisotopic (exact) mass is 439 g/mol. The summed E-state index contributed by atoms with van der Waals surface area (Å²) in [5.74, 6) is 0.935. The molecule has 0 radical (unpaired) electrons. The second kappa shape index (κ2) is 8.22. The number of carbonyl (C=O) groups excluding carboxylic acids is 1. The van der Waals surface area contributed by atoms with Gasteiger partial charge in [-0.25, -0.2) is 4.98 Å². The van der Waals surface area contributed by atoms with Gasteiger partial charge in [-0.3, -0.25) is 4.79 Å². The van der Waals surface area contributed by atoms with E-state index in [0.29, 0.717) is 31.9 Å². The number of anilines is 2. The number of rotatable bonds is 5. The smallest absolute Gasteiger partial charge is 0.268 e. The van der Waals surface area contributed by atoms with Crippen molar-refractivity contribution < 1.29 is 14.3 Å². The summed E-state index contributed by atoms with van der Waals surface area (Å²) in [7, 11) is 3.15. The van der Waals surface area contributed by atoms with Gasteiger partial charge in [-0.1, -0.05) is 11.6 Å². The normalized spacial score (nSPS) is 10.8. The van der Waals surface area contributed by atoms with Crippen LogP contribution in [0, 0.1) is 0 Å². The number of halogens is 1. The molecule has 4 rings (SSSR count). The number of aromatic nitrogens is 1. The van der Waals surface area contributed by atoms with Crippen LogP contribution in [0.15, 0.2) is 54.6 Å². The number of thiophene rings is 1. The van der Waals surface area contributed by atoms with Gasteiger partial charge in [-0.05, 0) is 54.6 Å². The van der Waals surface area contributed by atoms with Gasteiger partial charge in [0, 0.05) is 16.0 Å². The molecule has 0 aliphatic carbocycles. The summed E-state index contributed by atoms with van der Waals surface area (Å²) >= 11 is 7.29. The highest BCUT2D eigenvalue weighted by Crippen LogP contribution is 2.36. The molecule has 152 valence electrons. The molecule has 2 heterocycles. The number of nitrogen functional groups attached to an aromatic ring is 1. The highest BCUT2D eigenvalue weighted by Gasteiger charge is 2.19. The lowest BCUT2D eigenvalue weighted by atomic mass is 10.1. The van der Waals surface area contributed by atoms with E-state index in [2.05, 4.69) is 5.32 Å². The van der Waals surface area contributed by atoms with Crippen LogP contribution in [-0.4, -0.2) is 25.1 Å². The fourth-order valence-corrected chi connectivity index (χ4v) is 4.21. The van der Waals surface area contributed by atoms with Crippen LogP contribution in [0.1, 0.15) is 9.67 Å². The molecule has 1 amide bonds. The maximum atomic E-state index is 12.9. The first kappa shape index (κ1) is 20.0. The lowest BCUT2D eigenvalue weighted by molar-refractivity contribution is 0.103. The first-order valence-corrected chi connectivity index (χ1v) is 10.2. The molecule has 0 unspecified atom stereocenters. The number of ether oxygens (including phenoxy) is 2. The summed E-state index contributed by atoms with van der Waals surface area (Å²) in [4.78, 5) is 18.6. The number of carbonyl (C=O) groups is 1. The minimum Gasteiger partial charge on any atom is -0.497 e. The van der Waals surface area contributed by atoms with Crippen molar-refractivity contribution >= 4 is 50.4 Å². The number of nitrogens with two attached hydrogens (primary N) is 1. The van der Waals surface area contributed by atoms with E-state index in [0.717, 1.165) is 22.4 Å². The van der Waals surface area contributed by atoms with Gasteiger partial charge in [0.15, 0.2) is 0 Å². The highest BCUT2D eigenvalue weighted by molar-refractivity contribution is 7.21. The van der Waals surface area contributed by atoms with Crippen LogP contribution in [0.2, 0.25) is 5.02 Å². The van der Waals surface area contributed by atoms with E-state index in [1.807, 2.05) is 36.4 Å². The van der Waals surface area contributed by atoms with Crippen LogP contribution < -0.4 is 20.5 Å². The van der Waals surface area contributed by atoms with Gasteiger partial charge in [-0.15, -0.1) is 11.3 Å². The van der Waals surface area contributed by atoms with Crippen molar-refractivity contribution in [2.75, 3.05) is 25.3 Å². The van der Waals surface area contributed by atoms with E-state index in [1.165, 1.54) is 18.4 Å². The van der Waals surface area contributed by atoms with Crippen molar-refractivity contribution in [1.82, 2.24) is 4.98 Å². The molecule has 30 heavy (non-hydrogen) atoms. The molecule has 4 aromatic rings. The zero-order valence-electron chi connectivity index (χ0n) is 16.2. The predicted octanol–water partition coefficient (Wildman–Crippen LogP) is 5.47. The Kier molecular flexibility index (Phi) is 5.48. The van der Waals surface area contributed by atoms with Crippen molar-refractivity contribution in [2.24, 2.45) is 0 Å². The molecule has 2 aromatic carbocycles. The number of hydrogen-bond acceptors (Lipinski definition) is 6. The van der Waals surface area contributed by atoms with Crippen LogP contribution in [0.3, 0.4) is 0 Å². The SMILES string of the molecule is COc1ccc(-c2ccc3c(N)c(C(=O)Nc4cc(Cl)ccc4OC)sc3n2)cc1. The van der Waals surface area contributed by atoms with Gasteiger partial charge >= 0.3 is 0 Å². The standard InChI is InChI=1S/C22H18ClN3O3S/c1-28-14-6-3-12(4-7-14)16-9-8-15-19(24)20(30-22(15)26-16)21(27)25-17-11-13(23)5-10-18(17)29-2/h3-11H,24H2,1-2H3,(H,25,27). The van der Waals surface area contributed by atoms with Gasteiger partial charge in [0.2, 0.25) is 0 Å². The van der Waals surface area contributed by atoms with Crippen LogP contribution in [0.4, 0.5) is 11.4 Å². The molecule has 6 nitrogen and oxygen atoms in total. The van der Waals surface area contributed by atoms with E-state index in [9.17, 15) is 4.79 Å². The van der Waals surface area contributed by atoms with Crippen LogP contribution in [0.25, 0.3) is 21.5 Å². The number of nitrogens with one attached hydrogen (secondary N) is 1. The van der Waals surface area contributed by atoms with Crippen molar-refractivity contribution in [3.63, 3.8) is 0 Å². The molecule has 0 aliphatic heterocycles. The summed E-state index contributed by atoms with van der Waals surface area (Å²) < 4.78 is 10.5. The topological polar surface area (TPSA) is 86.5 Å². The van der Waals surface area contributed by atoms with Gasteiger partial charge in [0.25, 0.3) is 5.91 Å². The average Bonchev–Trinajstić information content (AvgIpc) is 3.10. The summed E-state index contributed by atoms with van der Waals surface area (Å²) in [5, 5.41) is 4.04. The summed E-state index contributed by atoms with van der Waals surface area (Å²) in [6, 6.07) is 16.4. The van der Waals surface area contributed by atoms with E-state index >= 15 is 0 Å². The molecular weight excluding hydrogens is 422 g/mol. The Morgan fingerprint density at radius 1 is 1.07 bits per heavy atom. The number of methoxy groups -OCH3 is 2. The quantitative estimate of drug-likeness (QED) is 0.430. The molecular formula is C22H18ClN3O3S. The first-order chi connectivity index (χ1) is 14.5. The van der Waals surface area contributed by atoms with Gasteiger partial charge < -0.3 is 20.5 Å². The Morgan fingerprint density at radius 3 is 2.53 bits per heavy atom. The summed E-state index contributed by atoms with van der Waals surface area (Å²) in [6.07, 6.45) is 0. The molecule has 0 bridgehead atoms. The predicted molar refractivity (Wildman–Crippen MR) is 122 cm³/mol. The number of amides is 1. The van der Waals surface area contributed by atoms with E-state index in [1.54, 1.807) is 25.3 Å². The molecule has 0 saturated heterocycles. The zero-order chi connectivity index (χ0) is 21.3. The van der Waals surface area contributed by atoms with Gasteiger partial charge in [0.1, 0.15) is 21.2 Å². The fourth-order valence-electron chi connectivity index (χ4n) is 3.05. The molecule has 0 atom stereocenters. The molecule has 0 saturated carbocycles. The number of fused-ring (bicyclic) bond motifs is 1. The maximum absolute atomic E-state index is 12.9. The first-order valence-electron chi connectivity index (χ1n) is 8.98. The van der Waals surface area contributed by atoms with Crippen molar-refractivity contribution in [3.05, 3.63) is 64.5 Å². The lowest BCUT2D eigenvalue weighted by Gasteiger charge is -2.10. The largest absolute Gasteiger partial charge is 0.497 e. The third-order valence-corrected chi connectivity index (χ3v) is 5.94. The average molecular weight is 440 g/mol. The van der Waals surface area contributed by atoms with E-state index < -0.39 is 0 Å². The Balaban J connectivity index is 1.67. The fraction of sp³-hybridized carbons (Fsp3) is 0.0909. The van der Waals surface area contributed by atoms with Crippen LogP contribution in [-0.2, 0) is 0 Å². The van der Waals surface area contributed by atoms with Crippen LogP contribution >= 0.6 is 22.9 Å². The van der Waals surface area contributed by atoms with Gasteiger partial charge in [0.05, 0.1) is 31.3 Å². The second-order valence-electron chi connectivity index (χ2n) is 6.42. The Hall–Kier alpha value is -3.29. The van der Waals surface area contributed by atoms with Crippen LogP contribution in [0.5, 0.6) is 11.5 Å².